The highest BCUT2D eigenvalue weighted by Crippen LogP contribution is 2.47. The largest absolute Gasteiger partial charge is 0.358 e. The molecule has 2 N–H and O–H groups in total. The van der Waals surface area contributed by atoms with Crippen LogP contribution in [-0.2, 0) is 0 Å². The predicted molar refractivity (Wildman–Crippen MR) is 83.1 cm³/mol. The molecule has 0 atom stereocenters. The molecule has 0 aliphatic carbocycles. The summed E-state index contributed by atoms with van der Waals surface area (Å²) in [6.07, 6.45) is 3.92. The van der Waals surface area contributed by atoms with Gasteiger partial charge in [0.05, 0.1) is 20.8 Å². The molecule has 0 unspecified atom stereocenters. The Bertz CT molecular complexity index is 741. The number of fused-ring (bicyclic) bond motifs is 6. The van der Waals surface area contributed by atoms with E-state index in [0.29, 0.717) is 0 Å². The van der Waals surface area contributed by atoms with Gasteiger partial charge in [-0.25, -0.2) is 0 Å². The van der Waals surface area contributed by atoms with Gasteiger partial charge in [-0.15, -0.1) is 22.7 Å². The molecular weight excluding hydrogens is 260 g/mol. The van der Waals surface area contributed by atoms with E-state index in [0.717, 1.165) is 0 Å². The van der Waals surface area contributed by atoms with E-state index in [9.17, 15) is 0 Å². The number of benzene rings is 1. The van der Waals surface area contributed by atoms with Crippen molar-refractivity contribution in [3.63, 3.8) is 0 Å². The molecule has 18 heavy (non-hydrogen) atoms. The summed E-state index contributed by atoms with van der Waals surface area (Å²) in [5.41, 5.74) is 2.42. The van der Waals surface area contributed by atoms with E-state index < -0.39 is 0 Å². The van der Waals surface area contributed by atoms with Gasteiger partial charge >= 0.3 is 0 Å². The van der Waals surface area contributed by atoms with Crippen LogP contribution in [0.1, 0.15) is 9.75 Å². The van der Waals surface area contributed by atoms with Crippen LogP contribution in [0.15, 0.2) is 24.5 Å². The smallest absolute Gasteiger partial charge is 0.0714 e. The van der Waals surface area contributed by atoms with Crippen LogP contribution >= 0.6 is 22.7 Å². The summed E-state index contributed by atoms with van der Waals surface area (Å²) in [4.78, 5) is 2.73. The van der Waals surface area contributed by atoms with Crippen LogP contribution in [0, 0.1) is 13.8 Å². The van der Waals surface area contributed by atoms with Crippen LogP contribution in [0.2, 0.25) is 0 Å². The van der Waals surface area contributed by atoms with E-state index in [2.05, 4.69) is 36.6 Å². The van der Waals surface area contributed by atoms with Gasteiger partial charge in [0.15, 0.2) is 0 Å². The van der Waals surface area contributed by atoms with Crippen molar-refractivity contribution in [1.82, 2.24) is 0 Å². The summed E-state index contributed by atoms with van der Waals surface area (Å²) < 4.78 is 2.81. The monoisotopic (exact) mass is 272 g/mol. The summed E-state index contributed by atoms with van der Waals surface area (Å²) in [6, 6.07) is 4.56. The minimum Gasteiger partial charge on any atom is -0.358 e. The number of aryl methyl sites for hydroxylation is 2. The first kappa shape index (κ1) is 10.4. The molecule has 2 nitrogen and oxygen atoms in total. The fraction of sp³-hybridized carbons (Fsp3) is 0.143. The molecule has 0 spiro atoms. The zero-order chi connectivity index (χ0) is 12.3. The lowest BCUT2D eigenvalue weighted by Crippen LogP contribution is -2.02. The molecule has 2 aromatic heterocycles. The van der Waals surface area contributed by atoms with Crippen LogP contribution in [0.3, 0.4) is 0 Å². The molecule has 3 heterocycles. The van der Waals surface area contributed by atoms with E-state index in [1.807, 2.05) is 35.1 Å². The van der Waals surface area contributed by atoms with Crippen molar-refractivity contribution in [1.29, 1.82) is 0 Å². The van der Waals surface area contributed by atoms with Crippen molar-refractivity contribution in [3.05, 3.63) is 34.3 Å². The van der Waals surface area contributed by atoms with Crippen molar-refractivity contribution < 1.29 is 0 Å². The van der Waals surface area contributed by atoms with Gasteiger partial charge in [-0.1, -0.05) is 0 Å². The Balaban J connectivity index is 2.28. The third-order valence-electron chi connectivity index (χ3n) is 3.24. The molecule has 0 fully saturated rings. The Hall–Kier alpha value is -1.52. The third-order valence-corrected chi connectivity index (χ3v) is 5.51. The number of rotatable bonds is 0. The van der Waals surface area contributed by atoms with Crippen LogP contribution in [0.25, 0.3) is 20.2 Å². The molecule has 0 radical (unpaired) electrons. The lowest BCUT2D eigenvalue weighted by molar-refractivity contribution is 1.51. The van der Waals surface area contributed by atoms with E-state index in [4.69, 9.17) is 0 Å². The van der Waals surface area contributed by atoms with Crippen LogP contribution in [0.5, 0.6) is 0 Å². The molecule has 0 bridgehead atoms. The predicted octanol–water partition coefficient (Wildman–Crippen LogP) is 5.04. The van der Waals surface area contributed by atoms with Gasteiger partial charge in [-0.05, 0) is 26.0 Å². The van der Waals surface area contributed by atoms with Crippen molar-refractivity contribution >= 4 is 54.2 Å². The van der Waals surface area contributed by atoms with Crippen molar-refractivity contribution in [2.24, 2.45) is 0 Å². The first-order valence-electron chi connectivity index (χ1n) is 5.88. The average Bonchev–Trinajstić information content (AvgIpc) is 2.92. The first-order valence-corrected chi connectivity index (χ1v) is 7.51. The highest BCUT2D eigenvalue weighted by atomic mass is 32.1. The maximum Gasteiger partial charge on any atom is 0.0714 e. The van der Waals surface area contributed by atoms with E-state index in [-0.39, 0.29) is 0 Å². The van der Waals surface area contributed by atoms with Gasteiger partial charge in [0.2, 0.25) is 0 Å². The maximum absolute atomic E-state index is 3.39. The second-order valence-electron chi connectivity index (χ2n) is 4.57. The zero-order valence-electron chi connectivity index (χ0n) is 10.1. The summed E-state index contributed by atoms with van der Waals surface area (Å²) in [7, 11) is 0. The molecule has 4 rings (SSSR count). The van der Waals surface area contributed by atoms with Crippen molar-refractivity contribution in [3.8, 4) is 0 Å². The third kappa shape index (κ3) is 1.27. The zero-order valence-corrected chi connectivity index (χ0v) is 11.8. The Morgan fingerprint density at radius 2 is 1.22 bits per heavy atom. The van der Waals surface area contributed by atoms with Gasteiger partial charge in [-0.3, -0.25) is 0 Å². The SMILES string of the molecule is Cc1cc2c3c(c4cc(C)sc4c2s1)NC=CN3. The molecule has 1 aliphatic rings. The Labute approximate surface area is 113 Å². The molecule has 90 valence electrons. The molecule has 0 saturated carbocycles. The maximum atomic E-state index is 3.39. The summed E-state index contributed by atoms with van der Waals surface area (Å²) in [6.45, 7) is 4.35. The standard InChI is InChI=1S/C14H12N2S2/c1-7-5-9-11-12(16-4-3-15-11)10-6-8(2)18-14(10)13(9)17-7/h3-6,15-16H,1-2H3. The minimum absolute atomic E-state index is 1.21. The fourth-order valence-corrected chi connectivity index (χ4v) is 4.75. The summed E-state index contributed by atoms with van der Waals surface area (Å²) in [5.74, 6) is 0. The Morgan fingerprint density at radius 1 is 0.778 bits per heavy atom. The highest BCUT2D eigenvalue weighted by molar-refractivity contribution is 7.27. The lowest BCUT2D eigenvalue weighted by Gasteiger charge is -2.16. The number of anilines is 2. The minimum atomic E-state index is 1.21. The number of nitrogens with one attached hydrogen (secondary N) is 2. The second kappa shape index (κ2) is 3.49. The van der Waals surface area contributed by atoms with E-state index >= 15 is 0 Å². The molecule has 0 amide bonds. The normalized spacial score (nSPS) is 13.7. The van der Waals surface area contributed by atoms with Gasteiger partial charge in [0, 0.05) is 32.9 Å². The van der Waals surface area contributed by atoms with E-state index in [1.54, 1.807) is 0 Å². The molecule has 0 saturated heterocycles. The van der Waals surface area contributed by atoms with Gasteiger partial charge < -0.3 is 10.6 Å². The van der Waals surface area contributed by atoms with E-state index in [1.165, 1.54) is 41.3 Å². The average molecular weight is 272 g/mol. The van der Waals surface area contributed by atoms with Crippen LogP contribution in [-0.4, -0.2) is 0 Å². The molecule has 1 aliphatic heterocycles. The van der Waals surface area contributed by atoms with Gasteiger partial charge in [0.25, 0.3) is 0 Å². The highest BCUT2D eigenvalue weighted by Gasteiger charge is 2.18. The quantitative estimate of drug-likeness (QED) is 0.599. The molecular formula is C14H12N2S2. The molecule has 3 aromatic rings. The molecule has 4 heteroatoms. The fourth-order valence-electron chi connectivity index (χ4n) is 2.56. The van der Waals surface area contributed by atoms with Crippen molar-refractivity contribution in [2.45, 2.75) is 13.8 Å². The topological polar surface area (TPSA) is 24.1 Å². The van der Waals surface area contributed by atoms with Gasteiger partial charge in [-0.2, -0.15) is 0 Å². The summed E-state index contributed by atoms with van der Waals surface area (Å²) in [5, 5.41) is 9.44. The van der Waals surface area contributed by atoms with Crippen LogP contribution < -0.4 is 10.6 Å². The number of hydrogen-bond acceptors (Lipinski definition) is 4. The number of thiophene rings is 2. The van der Waals surface area contributed by atoms with Crippen LogP contribution in [0.4, 0.5) is 11.4 Å². The Kier molecular flexibility index (Phi) is 2.02. The lowest BCUT2D eigenvalue weighted by atomic mass is 10.1. The number of hydrogen-bond donors (Lipinski definition) is 2. The molecule has 1 aromatic carbocycles. The van der Waals surface area contributed by atoms with Gasteiger partial charge in [0.1, 0.15) is 0 Å². The Morgan fingerprint density at radius 3 is 1.67 bits per heavy atom. The second-order valence-corrected chi connectivity index (χ2v) is 7.08. The first-order chi connectivity index (χ1) is 8.74. The summed E-state index contributed by atoms with van der Waals surface area (Å²) >= 11 is 3.77. The van der Waals surface area contributed by atoms with Crippen molar-refractivity contribution in [2.75, 3.05) is 10.6 Å².